The normalized spacial score (nSPS) is 13.4. The second kappa shape index (κ2) is 9.41. The Morgan fingerprint density at radius 3 is 2.88 bits per heavy atom. The van der Waals surface area contributed by atoms with Crippen molar-refractivity contribution in [2.75, 3.05) is 18.4 Å². The third-order valence-electron chi connectivity index (χ3n) is 3.85. The maximum Gasteiger partial charge on any atom is 0.321 e. The average Bonchev–Trinajstić information content (AvgIpc) is 2.61. The monoisotopic (exact) mass is 325 g/mol. The molecule has 1 aromatic rings. The number of amides is 3. The van der Waals surface area contributed by atoms with E-state index in [0.717, 1.165) is 30.5 Å². The summed E-state index contributed by atoms with van der Waals surface area (Å²) in [6.07, 6.45) is 13.1. The highest BCUT2D eigenvalue weighted by molar-refractivity contribution is 5.96. The SMILES string of the molecule is C#Cc1cccc(NCC(=O)NC(=O)NCCC2=CCCCC2)c1. The van der Waals surface area contributed by atoms with Gasteiger partial charge >= 0.3 is 6.03 Å². The summed E-state index contributed by atoms with van der Waals surface area (Å²) >= 11 is 0. The number of urea groups is 1. The smallest absolute Gasteiger partial charge is 0.321 e. The van der Waals surface area contributed by atoms with E-state index in [1.165, 1.54) is 18.4 Å². The lowest BCUT2D eigenvalue weighted by Crippen LogP contribution is -2.42. The average molecular weight is 325 g/mol. The molecule has 0 aliphatic heterocycles. The molecule has 1 aromatic carbocycles. The minimum Gasteiger partial charge on any atom is -0.376 e. The molecule has 5 heteroatoms. The van der Waals surface area contributed by atoms with Gasteiger partial charge in [-0.2, -0.15) is 0 Å². The fourth-order valence-electron chi connectivity index (χ4n) is 2.58. The van der Waals surface area contributed by atoms with Crippen LogP contribution in [0.4, 0.5) is 10.5 Å². The van der Waals surface area contributed by atoms with E-state index in [2.05, 4.69) is 27.9 Å². The van der Waals surface area contributed by atoms with E-state index in [4.69, 9.17) is 6.42 Å². The van der Waals surface area contributed by atoms with E-state index in [1.54, 1.807) is 12.1 Å². The quantitative estimate of drug-likeness (QED) is 0.556. The number of anilines is 1. The van der Waals surface area contributed by atoms with Crippen LogP contribution in [0, 0.1) is 12.3 Å². The molecule has 0 spiro atoms. The van der Waals surface area contributed by atoms with Gasteiger partial charge in [0, 0.05) is 17.8 Å². The lowest BCUT2D eigenvalue weighted by Gasteiger charge is -2.13. The molecule has 0 bridgehead atoms. The number of hydrogen-bond acceptors (Lipinski definition) is 3. The Kier molecular flexibility index (Phi) is 6.91. The van der Waals surface area contributed by atoms with Crippen LogP contribution >= 0.6 is 0 Å². The van der Waals surface area contributed by atoms with Crippen molar-refractivity contribution in [2.45, 2.75) is 32.1 Å². The molecule has 0 saturated heterocycles. The zero-order chi connectivity index (χ0) is 17.2. The van der Waals surface area contributed by atoms with Crippen molar-refractivity contribution in [3.63, 3.8) is 0 Å². The minimum absolute atomic E-state index is 0.00655. The Balaban J connectivity index is 1.65. The molecule has 0 fully saturated rings. The predicted molar refractivity (Wildman–Crippen MR) is 95.6 cm³/mol. The molecule has 0 unspecified atom stereocenters. The zero-order valence-electron chi connectivity index (χ0n) is 13.7. The Morgan fingerprint density at radius 1 is 1.25 bits per heavy atom. The van der Waals surface area contributed by atoms with Crippen LogP contribution in [0.15, 0.2) is 35.9 Å². The standard InChI is InChI=1S/C19H23N3O2/c1-2-15-9-6-10-17(13-15)21-14-18(23)22-19(24)20-12-11-16-7-4-3-5-8-16/h1,6-7,9-10,13,21H,3-5,8,11-12,14H2,(H2,20,22,23,24). The second-order valence-corrected chi connectivity index (χ2v) is 5.74. The molecule has 2 rings (SSSR count). The van der Waals surface area contributed by atoms with Crippen molar-refractivity contribution in [3.8, 4) is 12.3 Å². The van der Waals surface area contributed by atoms with Crippen LogP contribution in [0.2, 0.25) is 0 Å². The van der Waals surface area contributed by atoms with Crippen molar-refractivity contribution in [2.24, 2.45) is 0 Å². The van der Waals surface area contributed by atoms with Crippen LogP contribution in [-0.2, 0) is 4.79 Å². The number of imide groups is 1. The van der Waals surface area contributed by atoms with E-state index in [-0.39, 0.29) is 6.54 Å². The maximum atomic E-state index is 11.8. The minimum atomic E-state index is -0.462. The van der Waals surface area contributed by atoms with Gasteiger partial charge in [-0.15, -0.1) is 6.42 Å². The molecule has 0 atom stereocenters. The van der Waals surface area contributed by atoms with E-state index in [9.17, 15) is 9.59 Å². The first-order valence-corrected chi connectivity index (χ1v) is 8.23. The molecule has 0 aromatic heterocycles. The summed E-state index contributed by atoms with van der Waals surface area (Å²) in [5.41, 5.74) is 2.86. The van der Waals surface area contributed by atoms with Crippen LogP contribution in [0.1, 0.15) is 37.7 Å². The lowest BCUT2D eigenvalue weighted by molar-refractivity contribution is -0.118. The Hall–Kier alpha value is -2.74. The molecular weight excluding hydrogens is 302 g/mol. The number of rotatable bonds is 6. The fraction of sp³-hybridized carbons (Fsp3) is 0.368. The lowest BCUT2D eigenvalue weighted by atomic mass is 9.97. The fourth-order valence-corrected chi connectivity index (χ4v) is 2.58. The van der Waals surface area contributed by atoms with E-state index in [1.807, 2.05) is 12.1 Å². The van der Waals surface area contributed by atoms with Gasteiger partial charge in [-0.05, 0) is 50.3 Å². The third kappa shape index (κ3) is 6.17. The van der Waals surface area contributed by atoms with Crippen molar-refractivity contribution in [1.29, 1.82) is 0 Å². The first-order chi connectivity index (χ1) is 11.7. The second-order valence-electron chi connectivity index (χ2n) is 5.74. The van der Waals surface area contributed by atoms with Gasteiger partial charge in [0.05, 0.1) is 6.54 Å². The maximum absolute atomic E-state index is 11.8. The Labute approximate surface area is 142 Å². The molecule has 0 heterocycles. The van der Waals surface area contributed by atoms with Gasteiger partial charge in [-0.3, -0.25) is 10.1 Å². The largest absolute Gasteiger partial charge is 0.376 e. The number of hydrogen-bond donors (Lipinski definition) is 3. The summed E-state index contributed by atoms with van der Waals surface area (Å²) in [5, 5.41) is 7.95. The molecule has 5 nitrogen and oxygen atoms in total. The van der Waals surface area contributed by atoms with Crippen LogP contribution < -0.4 is 16.0 Å². The van der Waals surface area contributed by atoms with Gasteiger partial charge < -0.3 is 10.6 Å². The van der Waals surface area contributed by atoms with Gasteiger partial charge in [-0.1, -0.05) is 23.6 Å². The van der Waals surface area contributed by atoms with Crippen molar-refractivity contribution in [1.82, 2.24) is 10.6 Å². The Bertz CT molecular complexity index is 659. The molecule has 3 N–H and O–H groups in total. The Morgan fingerprint density at radius 2 is 2.12 bits per heavy atom. The first kappa shape index (κ1) is 17.6. The van der Waals surface area contributed by atoms with Crippen LogP contribution in [0.5, 0.6) is 0 Å². The summed E-state index contributed by atoms with van der Waals surface area (Å²) < 4.78 is 0. The number of allylic oxidation sites excluding steroid dienone is 1. The third-order valence-corrected chi connectivity index (χ3v) is 3.85. The van der Waals surface area contributed by atoms with E-state index in [0.29, 0.717) is 6.54 Å². The molecule has 126 valence electrons. The highest BCUT2D eigenvalue weighted by Gasteiger charge is 2.08. The molecular formula is C19H23N3O2. The van der Waals surface area contributed by atoms with Gasteiger partial charge in [0.1, 0.15) is 0 Å². The number of benzene rings is 1. The van der Waals surface area contributed by atoms with Gasteiger partial charge in [0.2, 0.25) is 5.91 Å². The summed E-state index contributed by atoms with van der Waals surface area (Å²) in [4.78, 5) is 23.5. The zero-order valence-corrected chi connectivity index (χ0v) is 13.7. The summed E-state index contributed by atoms with van der Waals surface area (Å²) in [5.74, 6) is 2.14. The summed E-state index contributed by atoms with van der Waals surface area (Å²) in [6.45, 7) is 0.551. The summed E-state index contributed by atoms with van der Waals surface area (Å²) in [6, 6.07) is 6.73. The molecule has 24 heavy (non-hydrogen) atoms. The van der Waals surface area contributed by atoms with Crippen molar-refractivity contribution >= 4 is 17.6 Å². The molecule has 0 saturated carbocycles. The molecule has 1 aliphatic rings. The molecule has 3 amide bonds. The number of carbonyl (C=O) groups is 2. The number of nitrogens with one attached hydrogen (secondary N) is 3. The number of terminal acetylenes is 1. The number of carbonyl (C=O) groups excluding carboxylic acids is 2. The van der Waals surface area contributed by atoms with Gasteiger partial charge in [0.15, 0.2) is 0 Å². The van der Waals surface area contributed by atoms with E-state index < -0.39 is 11.9 Å². The predicted octanol–water partition coefficient (Wildman–Crippen LogP) is 2.80. The van der Waals surface area contributed by atoms with Crippen LogP contribution in [-0.4, -0.2) is 25.0 Å². The van der Waals surface area contributed by atoms with Crippen LogP contribution in [0.25, 0.3) is 0 Å². The topological polar surface area (TPSA) is 70.2 Å². The first-order valence-electron chi connectivity index (χ1n) is 8.23. The van der Waals surface area contributed by atoms with E-state index >= 15 is 0 Å². The van der Waals surface area contributed by atoms with Gasteiger partial charge in [-0.25, -0.2) is 4.79 Å². The highest BCUT2D eigenvalue weighted by Crippen LogP contribution is 2.19. The van der Waals surface area contributed by atoms with Gasteiger partial charge in [0.25, 0.3) is 0 Å². The highest BCUT2D eigenvalue weighted by atomic mass is 16.2. The van der Waals surface area contributed by atoms with Crippen LogP contribution in [0.3, 0.4) is 0 Å². The molecule has 1 aliphatic carbocycles. The van der Waals surface area contributed by atoms with Crippen molar-refractivity contribution < 1.29 is 9.59 Å². The van der Waals surface area contributed by atoms with Crippen molar-refractivity contribution in [3.05, 3.63) is 41.5 Å². The molecule has 0 radical (unpaired) electrons. The summed E-state index contributed by atoms with van der Waals surface area (Å²) in [7, 11) is 0.